The largest absolute Gasteiger partial charge is 0.388 e. The Kier molecular flexibility index (Phi) is 2.67. The molecule has 3 nitrogen and oxygen atoms in total. The van der Waals surface area contributed by atoms with E-state index in [9.17, 15) is 5.11 Å². The van der Waals surface area contributed by atoms with Crippen molar-refractivity contribution in [3.05, 3.63) is 35.9 Å². The molecule has 2 bridgehead atoms. The third-order valence-electron chi connectivity index (χ3n) is 3.44. The Morgan fingerprint density at radius 1 is 1.25 bits per heavy atom. The molecule has 2 fully saturated rings. The minimum absolute atomic E-state index is 0.183. The fraction of sp³-hybridized carbons (Fsp3) is 0.538. The van der Waals surface area contributed by atoms with Gasteiger partial charge in [-0.3, -0.25) is 0 Å². The van der Waals surface area contributed by atoms with E-state index < -0.39 is 12.4 Å². The van der Waals surface area contributed by atoms with Gasteiger partial charge in [-0.05, 0) is 24.3 Å². The molecule has 0 saturated carbocycles. The second-order valence-electron chi connectivity index (χ2n) is 4.64. The summed E-state index contributed by atoms with van der Waals surface area (Å²) in [5, 5.41) is 10.1. The van der Waals surface area contributed by atoms with Crippen LogP contribution in [0.5, 0.6) is 0 Å². The Bertz CT molecular complexity index is 351. The van der Waals surface area contributed by atoms with Crippen LogP contribution in [0.15, 0.2) is 30.3 Å². The van der Waals surface area contributed by atoms with Crippen molar-refractivity contribution < 1.29 is 14.6 Å². The van der Waals surface area contributed by atoms with Crippen molar-refractivity contribution >= 4 is 0 Å². The molecule has 86 valence electrons. The molecule has 0 aliphatic carbocycles. The number of benzene rings is 1. The molecule has 3 rings (SSSR count). The van der Waals surface area contributed by atoms with E-state index in [0.717, 1.165) is 12.8 Å². The lowest BCUT2D eigenvalue weighted by atomic mass is 9.87. The van der Waals surface area contributed by atoms with Gasteiger partial charge in [-0.25, -0.2) is 0 Å². The Morgan fingerprint density at radius 3 is 2.88 bits per heavy atom. The van der Waals surface area contributed by atoms with Crippen molar-refractivity contribution in [2.45, 2.75) is 31.3 Å². The van der Waals surface area contributed by atoms with Crippen molar-refractivity contribution in [3.8, 4) is 0 Å². The summed E-state index contributed by atoms with van der Waals surface area (Å²) in [6, 6.07) is 10.3. The Labute approximate surface area is 95.0 Å². The number of hydrogen-bond donors (Lipinski definition) is 1. The van der Waals surface area contributed by atoms with Crippen molar-refractivity contribution in [1.82, 2.24) is 0 Å². The van der Waals surface area contributed by atoms with E-state index in [1.807, 2.05) is 18.2 Å². The van der Waals surface area contributed by atoms with Crippen LogP contribution in [0.1, 0.15) is 12.0 Å². The molecule has 16 heavy (non-hydrogen) atoms. The maximum atomic E-state index is 10.1. The topological polar surface area (TPSA) is 38.7 Å². The maximum Gasteiger partial charge on any atom is 0.184 e. The molecule has 2 heterocycles. The van der Waals surface area contributed by atoms with E-state index in [2.05, 4.69) is 12.1 Å². The number of rotatable bonds is 2. The van der Waals surface area contributed by atoms with E-state index in [1.165, 1.54) is 5.56 Å². The average Bonchev–Trinajstić information content (AvgIpc) is 2.72. The molecular formula is C13H16O3. The first-order valence-corrected chi connectivity index (χ1v) is 5.82. The number of fused-ring (bicyclic) bond motifs is 2. The smallest absolute Gasteiger partial charge is 0.184 e. The standard InChI is InChI=1S/C13H16O3/c14-12-10(6-9-4-2-1-3-5-9)7-11-8-15-13(12)16-11/h1-5,10-14H,6-8H2/t10-,11+,12+,13-/m1/s1. The summed E-state index contributed by atoms with van der Waals surface area (Å²) in [7, 11) is 0. The van der Waals surface area contributed by atoms with E-state index in [0.29, 0.717) is 6.61 Å². The van der Waals surface area contributed by atoms with E-state index in [-0.39, 0.29) is 12.0 Å². The first-order valence-electron chi connectivity index (χ1n) is 5.82. The van der Waals surface area contributed by atoms with Gasteiger partial charge in [-0.2, -0.15) is 0 Å². The van der Waals surface area contributed by atoms with Crippen LogP contribution in [0.3, 0.4) is 0 Å². The highest BCUT2D eigenvalue weighted by atomic mass is 16.7. The van der Waals surface area contributed by atoms with Crippen LogP contribution in [0.2, 0.25) is 0 Å². The van der Waals surface area contributed by atoms with Crippen molar-refractivity contribution in [2.24, 2.45) is 5.92 Å². The number of aliphatic hydroxyl groups excluding tert-OH is 1. The van der Waals surface area contributed by atoms with E-state index >= 15 is 0 Å². The molecular weight excluding hydrogens is 204 g/mol. The molecule has 2 aliphatic rings. The van der Waals surface area contributed by atoms with Crippen LogP contribution in [0.4, 0.5) is 0 Å². The van der Waals surface area contributed by atoms with Crippen molar-refractivity contribution in [1.29, 1.82) is 0 Å². The second-order valence-corrected chi connectivity index (χ2v) is 4.64. The fourth-order valence-electron chi connectivity index (χ4n) is 2.59. The summed E-state index contributed by atoms with van der Waals surface area (Å²) in [5.74, 6) is 0.258. The minimum atomic E-state index is -0.487. The molecule has 3 heteroatoms. The highest BCUT2D eigenvalue weighted by molar-refractivity contribution is 5.16. The van der Waals surface area contributed by atoms with E-state index in [1.54, 1.807) is 0 Å². The van der Waals surface area contributed by atoms with Crippen molar-refractivity contribution in [3.63, 3.8) is 0 Å². The normalized spacial score (nSPS) is 37.6. The van der Waals surface area contributed by atoms with Gasteiger partial charge in [0, 0.05) is 0 Å². The lowest BCUT2D eigenvalue weighted by molar-refractivity contribution is -0.174. The number of aliphatic hydroxyl groups is 1. The minimum Gasteiger partial charge on any atom is -0.388 e. The average molecular weight is 220 g/mol. The predicted molar refractivity (Wildman–Crippen MR) is 58.9 cm³/mol. The molecule has 2 aliphatic heterocycles. The van der Waals surface area contributed by atoms with Crippen LogP contribution >= 0.6 is 0 Å². The summed E-state index contributed by atoms with van der Waals surface area (Å²) in [6.07, 6.45) is 1.10. The van der Waals surface area contributed by atoms with Crippen LogP contribution in [-0.4, -0.2) is 30.2 Å². The Balaban J connectivity index is 1.71. The number of ether oxygens (including phenoxy) is 2. The van der Waals surface area contributed by atoms with Gasteiger partial charge >= 0.3 is 0 Å². The lowest BCUT2D eigenvalue weighted by Gasteiger charge is -2.31. The van der Waals surface area contributed by atoms with Gasteiger partial charge in [-0.15, -0.1) is 0 Å². The van der Waals surface area contributed by atoms with Crippen LogP contribution in [0.25, 0.3) is 0 Å². The summed E-state index contributed by atoms with van der Waals surface area (Å²) in [5.41, 5.74) is 1.27. The molecule has 0 spiro atoms. The molecule has 0 radical (unpaired) electrons. The van der Waals surface area contributed by atoms with Gasteiger partial charge in [0.05, 0.1) is 12.7 Å². The van der Waals surface area contributed by atoms with Gasteiger partial charge in [0.2, 0.25) is 0 Å². The van der Waals surface area contributed by atoms with E-state index in [4.69, 9.17) is 9.47 Å². The first-order chi connectivity index (χ1) is 7.83. The van der Waals surface area contributed by atoms with Crippen LogP contribution < -0.4 is 0 Å². The third kappa shape index (κ3) is 1.86. The highest BCUT2D eigenvalue weighted by Gasteiger charge is 2.42. The second kappa shape index (κ2) is 4.17. The lowest BCUT2D eigenvalue weighted by Crippen LogP contribution is -2.41. The molecule has 1 aromatic carbocycles. The zero-order valence-electron chi connectivity index (χ0n) is 9.08. The molecule has 0 aromatic heterocycles. The Hall–Kier alpha value is -0.900. The molecule has 0 amide bonds. The molecule has 2 saturated heterocycles. The van der Waals surface area contributed by atoms with Crippen LogP contribution in [-0.2, 0) is 15.9 Å². The maximum absolute atomic E-state index is 10.1. The molecule has 1 N–H and O–H groups in total. The SMILES string of the molecule is O[C@H]1[C@H](Cc2ccccc2)C[C@H]2CO[C@@H]1O2. The summed E-state index contributed by atoms with van der Waals surface area (Å²) >= 11 is 0. The first kappa shape index (κ1) is 10.3. The summed E-state index contributed by atoms with van der Waals surface area (Å²) in [6.45, 7) is 0.632. The zero-order chi connectivity index (χ0) is 11.0. The highest BCUT2D eigenvalue weighted by Crippen LogP contribution is 2.33. The quantitative estimate of drug-likeness (QED) is 0.817. The molecule has 1 aromatic rings. The molecule has 4 atom stereocenters. The predicted octanol–water partition coefficient (Wildman–Crippen LogP) is 1.35. The van der Waals surface area contributed by atoms with Gasteiger partial charge in [0.25, 0.3) is 0 Å². The fourth-order valence-corrected chi connectivity index (χ4v) is 2.59. The summed E-state index contributed by atoms with van der Waals surface area (Å²) < 4.78 is 10.9. The monoisotopic (exact) mass is 220 g/mol. The number of hydrogen-bond acceptors (Lipinski definition) is 3. The molecule has 0 unspecified atom stereocenters. The van der Waals surface area contributed by atoms with Crippen LogP contribution in [0, 0.1) is 5.92 Å². The Morgan fingerprint density at radius 2 is 2.06 bits per heavy atom. The van der Waals surface area contributed by atoms with Gasteiger partial charge < -0.3 is 14.6 Å². The van der Waals surface area contributed by atoms with Gasteiger partial charge in [-0.1, -0.05) is 30.3 Å². The van der Waals surface area contributed by atoms with Gasteiger partial charge in [0.1, 0.15) is 6.10 Å². The van der Waals surface area contributed by atoms with Gasteiger partial charge in [0.15, 0.2) is 6.29 Å². The third-order valence-corrected chi connectivity index (χ3v) is 3.44. The zero-order valence-corrected chi connectivity index (χ0v) is 9.08. The van der Waals surface area contributed by atoms with Crippen molar-refractivity contribution in [2.75, 3.05) is 6.61 Å². The summed E-state index contributed by atoms with van der Waals surface area (Å²) in [4.78, 5) is 0.